The van der Waals surface area contributed by atoms with Crippen molar-refractivity contribution >= 4 is 12.0 Å². The van der Waals surface area contributed by atoms with E-state index in [4.69, 9.17) is 0 Å². The monoisotopic (exact) mass is 291 g/mol. The van der Waals surface area contributed by atoms with Crippen LogP contribution in [-0.4, -0.2) is 18.8 Å². The first-order valence-corrected chi connectivity index (χ1v) is 5.74. The first kappa shape index (κ1) is 16.0. The van der Waals surface area contributed by atoms with Gasteiger partial charge in [-0.25, -0.2) is 4.39 Å². The van der Waals surface area contributed by atoms with E-state index in [1.54, 1.807) is 12.2 Å². The summed E-state index contributed by atoms with van der Waals surface area (Å²) in [5.74, 6) is -2.11. The van der Waals surface area contributed by atoms with Crippen molar-refractivity contribution in [1.29, 1.82) is 0 Å². The Labute approximate surface area is 113 Å². The summed E-state index contributed by atoms with van der Waals surface area (Å²) in [4.78, 5) is 10.6. The molecule has 0 atom stereocenters. The smallest absolute Gasteiger partial charge is 0.403 e. The molecule has 1 rings (SSSR count). The average molecular weight is 291 g/mol. The standard InChI is InChI=1S/C13H13F4NO2/c1-9(19)18-7-3-2-4-10-5-6-12(11(14)8-10)20-13(15,16)17/h2,4-6,8H,3,7H2,1H3,(H,18,19). The highest BCUT2D eigenvalue weighted by Gasteiger charge is 2.32. The quantitative estimate of drug-likeness (QED) is 0.668. The SMILES string of the molecule is CC(=O)NCCC=Cc1ccc(OC(F)(F)F)c(F)c1. The Morgan fingerprint density at radius 3 is 2.65 bits per heavy atom. The second-order valence-corrected chi connectivity index (χ2v) is 3.91. The molecule has 110 valence electrons. The van der Waals surface area contributed by atoms with Crippen molar-refractivity contribution in [3.63, 3.8) is 0 Å². The van der Waals surface area contributed by atoms with Crippen molar-refractivity contribution in [2.75, 3.05) is 6.54 Å². The molecule has 1 aromatic rings. The molecule has 1 N–H and O–H groups in total. The third-order valence-corrected chi connectivity index (χ3v) is 2.18. The second kappa shape index (κ2) is 6.93. The van der Waals surface area contributed by atoms with E-state index in [2.05, 4.69) is 10.1 Å². The van der Waals surface area contributed by atoms with E-state index >= 15 is 0 Å². The molecule has 0 fully saturated rings. The predicted molar refractivity (Wildman–Crippen MR) is 65.4 cm³/mol. The minimum Gasteiger partial charge on any atom is -0.403 e. The second-order valence-electron chi connectivity index (χ2n) is 3.91. The number of benzene rings is 1. The molecule has 1 amide bonds. The Bertz CT molecular complexity index is 498. The van der Waals surface area contributed by atoms with Gasteiger partial charge in [0.2, 0.25) is 5.91 Å². The number of carbonyl (C=O) groups excluding carboxylic acids is 1. The van der Waals surface area contributed by atoms with Crippen molar-refractivity contribution in [3.05, 3.63) is 35.7 Å². The Kier molecular flexibility index (Phi) is 5.54. The topological polar surface area (TPSA) is 38.3 Å². The molecule has 0 radical (unpaired) electrons. The highest BCUT2D eigenvalue weighted by molar-refractivity contribution is 5.72. The Balaban J connectivity index is 2.59. The van der Waals surface area contributed by atoms with Crippen molar-refractivity contribution in [3.8, 4) is 5.75 Å². The summed E-state index contributed by atoms with van der Waals surface area (Å²) in [6, 6.07) is 3.16. The summed E-state index contributed by atoms with van der Waals surface area (Å²) in [6.45, 7) is 1.82. The van der Waals surface area contributed by atoms with Gasteiger partial charge in [-0.1, -0.05) is 18.2 Å². The molecular weight excluding hydrogens is 278 g/mol. The lowest BCUT2D eigenvalue weighted by Gasteiger charge is -2.09. The van der Waals surface area contributed by atoms with Crippen LogP contribution in [0.5, 0.6) is 5.75 Å². The first-order chi connectivity index (χ1) is 9.28. The lowest BCUT2D eigenvalue weighted by Crippen LogP contribution is -2.20. The van der Waals surface area contributed by atoms with Gasteiger partial charge in [0.05, 0.1) is 0 Å². The van der Waals surface area contributed by atoms with E-state index in [0.29, 0.717) is 18.5 Å². The Morgan fingerprint density at radius 2 is 2.10 bits per heavy atom. The van der Waals surface area contributed by atoms with E-state index < -0.39 is 17.9 Å². The maximum absolute atomic E-state index is 13.3. The summed E-state index contributed by atoms with van der Waals surface area (Å²) in [5.41, 5.74) is 0.403. The molecule has 0 aliphatic carbocycles. The number of amides is 1. The zero-order chi connectivity index (χ0) is 15.2. The molecule has 0 aromatic heterocycles. The summed E-state index contributed by atoms with van der Waals surface area (Å²) in [7, 11) is 0. The van der Waals surface area contributed by atoms with Crippen LogP contribution in [0.3, 0.4) is 0 Å². The Morgan fingerprint density at radius 1 is 1.40 bits per heavy atom. The molecule has 0 saturated heterocycles. The van der Waals surface area contributed by atoms with Crippen molar-refractivity contribution in [2.45, 2.75) is 19.7 Å². The molecule has 1 aromatic carbocycles. The molecule has 0 bridgehead atoms. The van der Waals surface area contributed by atoms with E-state index in [9.17, 15) is 22.4 Å². The molecule has 0 heterocycles. The number of rotatable bonds is 5. The van der Waals surface area contributed by atoms with Crippen LogP contribution in [0.2, 0.25) is 0 Å². The Hall–Kier alpha value is -2.05. The van der Waals surface area contributed by atoms with E-state index in [-0.39, 0.29) is 5.91 Å². The van der Waals surface area contributed by atoms with Gasteiger partial charge in [-0.2, -0.15) is 0 Å². The lowest BCUT2D eigenvalue weighted by atomic mass is 10.2. The molecule has 0 aliphatic rings. The zero-order valence-corrected chi connectivity index (χ0v) is 10.6. The minimum absolute atomic E-state index is 0.155. The number of carbonyl (C=O) groups is 1. The van der Waals surface area contributed by atoms with Crippen LogP contribution in [0.25, 0.3) is 6.08 Å². The van der Waals surface area contributed by atoms with Crippen LogP contribution >= 0.6 is 0 Å². The fourth-order valence-electron chi connectivity index (χ4n) is 1.38. The number of nitrogens with one attached hydrogen (secondary N) is 1. The highest BCUT2D eigenvalue weighted by Crippen LogP contribution is 2.26. The van der Waals surface area contributed by atoms with E-state index in [1.165, 1.54) is 13.0 Å². The summed E-state index contributed by atoms with van der Waals surface area (Å²) >= 11 is 0. The van der Waals surface area contributed by atoms with Crippen LogP contribution in [0, 0.1) is 5.82 Å². The largest absolute Gasteiger partial charge is 0.573 e. The summed E-state index contributed by atoms with van der Waals surface area (Å²) < 4.78 is 52.7. The van der Waals surface area contributed by atoms with Gasteiger partial charge in [-0.05, 0) is 24.1 Å². The van der Waals surface area contributed by atoms with Crippen LogP contribution < -0.4 is 10.1 Å². The maximum Gasteiger partial charge on any atom is 0.573 e. The van der Waals surface area contributed by atoms with Crippen molar-refractivity contribution < 1.29 is 27.1 Å². The van der Waals surface area contributed by atoms with E-state index in [1.807, 2.05) is 0 Å². The molecule has 3 nitrogen and oxygen atoms in total. The molecule has 20 heavy (non-hydrogen) atoms. The zero-order valence-electron chi connectivity index (χ0n) is 10.6. The number of ether oxygens (including phenoxy) is 1. The van der Waals surface area contributed by atoms with Crippen LogP contribution in [0.4, 0.5) is 17.6 Å². The first-order valence-electron chi connectivity index (χ1n) is 5.74. The summed E-state index contributed by atoms with van der Waals surface area (Å²) in [5, 5.41) is 2.57. The molecule has 7 heteroatoms. The van der Waals surface area contributed by atoms with Gasteiger partial charge >= 0.3 is 6.36 Å². The molecule has 0 unspecified atom stereocenters. The number of hydrogen-bond acceptors (Lipinski definition) is 2. The average Bonchev–Trinajstić information content (AvgIpc) is 2.30. The van der Waals surface area contributed by atoms with Crippen LogP contribution in [0.1, 0.15) is 18.9 Å². The molecular formula is C13H13F4NO2. The van der Waals surface area contributed by atoms with Gasteiger partial charge in [0.25, 0.3) is 0 Å². The maximum atomic E-state index is 13.3. The summed E-state index contributed by atoms with van der Waals surface area (Å²) in [6.07, 6.45) is -1.17. The molecule has 0 spiro atoms. The third-order valence-electron chi connectivity index (χ3n) is 2.18. The van der Waals surface area contributed by atoms with Gasteiger partial charge in [-0.15, -0.1) is 13.2 Å². The molecule has 0 saturated carbocycles. The van der Waals surface area contributed by atoms with Gasteiger partial charge in [-0.3, -0.25) is 4.79 Å². The predicted octanol–water partition coefficient (Wildman–Crippen LogP) is 3.26. The van der Waals surface area contributed by atoms with Crippen LogP contribution in [-0.2, 0) is 4.79 Å². The molecule has 0 aliphatic heterocycles. The van der Waals surface area contributed by atoms with Crippen molar-refractivity contribution in [1.82, 2.24) is 5.32 Å². The fourth-order valence-corrected chi connectivity index (χ4v) is 1.38. The fraction of sp³-hybridized carbons (Fsp3) is 0.308. The van der Waals surface area contributed by atoms with Gasteiger partial charge in [0.15, 0.2) is 11.6 Å². The lowest BCUT2D eigenvalue weighted by molar-refractivity contribution is -0.275. The van der Waals surface area contributed by atoms with Gasteiger partial charge < -0.3 is 10.1 Å². The van der Waals surface area contributed by atoms with Gasteiger partial charge in [0, 0.05) is 13.5 Å². The normalized spacial score (nSPS) is 11.7. The number of alkyl halides is 3. The van der Waals surface area contributed by atoms with Crippen LogP contribution in [0.15, 0.2) is 24.3 Å². The third kappa shape index (κ3) is 6.21. The highest BCUT2D eigenvalue weighted by atomic mass is 19.4. The van der Waals surface area contributed by atoms with Gasteiger partial charge in [0.1, 0.15) is 0 Å². The minimum atomic E-state index is -4.92. The number of hydrogen-bond donors (Lipinski definition) is 1. The number of halogens is 4. The van der Waals surface area contributed by atoms with E-state index in [0.717, 1.165) is 12.1 Å². The van der Waals surface area contributed by atoms with Crippen molar-refractivity contribution in [2.24, 2.45) is 0 Å².